The molecule has 2 heteroatoms. The molecule has 0 spiro atoms. The van der Waals surface area contributed by atoms with Crippen LogP contribution < -0.4 is 5.32 Å². The Morgan fingerprint density at radius 2 is 2.06 bits per heavy atom. The summed E-state index contributed by atoms with van der Waals surface area (Å²) in [4.78, 5) is 2.59. The largest absolute Gasteiger partial charge is 0.316 e. The summed E-state index contributed by atoms with van der Waals surface area (Å²) in [6.07, 6.45) is 2.75. The summed E-state index contributed by atoms with van der Waals surface area (Å²) in [6.45, 7) is 16.6. The Labute approximate surface area is 102 Å². The zero-order valence-corrected chi connectivity index (χ0v) is 11.8. The molecule has 1 rings (SSSR count). The minimum Gasteiger partial charge on any atom is -0.316 e. The first-order chi connectivity index (χ1) is 7.47. The first kappa shape index (κ1) is 14.0. The van der Waals surface area contributed by atoms with Gasteiger partial charge in [0.15, 0.2) is 0 Å². The van der Waals surface area contributed by atoms with E-state index in [1.165, 1.54) is 39.0 Å². The molecule has 0 amide bonds. The van der Waals surface area contributed by atoms with Crippen molar-refractivity contribution in [1.29, 1.82) is 0 Å². The molecule has 0 bridgehead atoms. The van der Waals surface area contributed by atoms with Crippen LogP contribution in [0.1, 0.15) is 47.5 Å². The minimum atomic E-state index is 0.438. The van der Waals surface area contributed by atoms with Gasteiger partial charge in [0.05, 0.1) is 0 Å². The van der Waals surface area contributed by atoms with Crippen LogP contribution in [0.15, 0.2) is 0 Å². The van der Waals surface area contributed by atoms with E-state index in [1.54, 1.807) is 0 Å². The molecule has 16 heavy (non-hydrogen) atoms. The van der Waals surface area contributed by atoms with Crippen molar-refractivity contribution in [1.82, 2.24) is 10.2 Å². The van der Waals surface area contributed by atoms with Gasteiger partial charge in [-0.05, 0) is 57.7 Å². The Balaban J connectivity index is 2.54. The maximum Gasteiger partial charge on any atom is 0.00387 e. The Kier molecular flexibility index (Phi) is 5.26. The molecule has 1 atom stereocenters. The molecule has 1 fully saturated rings. The number of nitrogens with zero attached hydrogens (tertiary/aromatic N) is 1. The van der Waals surface area contributed by atoms with Gasteiger partial charge in [-0.25, -0.2) is 0 Å². The first-order valence-electron chi connectivity index (χ1n) is 6.92. The van der Waals surface area contributed by atoms with Crippen molar-refractivity contribution in [2.24, 2.45) is 11.3 Å². The molecule has 0 aromatic carbocycles. The molecule has 96 valence electrons. The summed E-state index contributed by atoms with van der Waals surface area (Å²) < 4.78 is 0. The molecule has 2 nitrogen and oxygen atoms in total. The zero-order chi connectivity index (χ0) is 12.2. The van der Waals surface area contributed by atoms with Crippen LogP contribution in [0, 0.1) is 11.3 Å². The lowest BCUT2D eigenvalue weighted by molar-refractivity contribution is 0.0863. The lowest BCUT2D eigenvalue weighted by Gasteiger charge is -2.41. The van der Waals surface area contributed by atoms with Gasteiger partial charge in [0.2, 0.25) is 0 Å². The third-order valence-corrected chi connectivity index (χ3v) is 4.15. The molecule has 1 aliphatic rings. The smallest absolute Gasteiger partial charge is 0.00387 e. The molecule has 1 saturated heterocycles. The van der Waals surface area contributed by atoms with E-state index >= 15 is 0 Å². The van der Waals surface area contributed by atoms with Crippen LogP contribution in [0.5, 0.6) is 0 Å². The summed E-state index contributed by atoms with van der Waals surface area (Å²) in [5.41, 5.74) is 0.438. The van der Waals surface area contributed by atoms with Crippen molar-refractivity contribution < 1.29 is 0 Å². The van der Waals surface area contributed by atoms with Crippen LogP contribution in [0.4, 0.5) is 0 Å². The van der Waals surface area contributed by atoms with E-state index in [-0.39, 0.29) is 0 Å². The van der Waals surface area contributed by atoms with E-state index in [4.69, 9.17) is 0 Å². The highest BCUT2D eigenvalue weighted by atomic mass is 15.1. The van der Waals surface area contributed by atoms with Crippen LogP contribution in [0.2, 0.25) is 0 Å². The van der Waals surface area contributed by atoms with Crippen LogP contribution in [0.25, 0.3) is 0 Å². The molecule has 0 saturated carbocycles. The number of rotatable bonds is 5. The summed E-state index contributed by atoms with van der Waals surface area (Å²) in [5.74, 6) is 0.842. The SMILES string of the molecule is CCN(CC(C)(C)C1CCCNC1)C(C)C. The van der Waals surface area contributed by atoms with Gasteiger partial charge < -0.3 is 10.2 Å². The Morgan fingerprint density at radius 1 is 1.38 bits per heavy atom. The van der Waals surface area contributed by atoms with Crippen molar-refractivity contribution in [2.45, 2.75) is 53.5 Å². The van der Waals surface area contributed by atoms with E-state index in [1.807, 2.05) is 0 Å². The quantitative estimate of drug-likeness (QED) is 0.775. The predicted octanol–water partition coefficient (Wildman–Crippen LogP) is 2.74. The predicted molar refractivity (Wildman–Crippen MR) is 71.8 cm³/mol. The molecule has 0 aliphatic carbocycles. The Bertz CT molecular complexity index is 193. The molecule has 1 heterocycles. The van der Waals surface area contributed by atoms with Crippen molar-refractivity contribution in [3.8, 4) is 0 Å². The molecular formula is C14H30N2. The standard InChI is InChI=1S/C14H30N2/c1-6-16(12(2)3)11-14(4,5)13-8-7-9-15-10-13/h12-13,15H,6-11H2,1-5H3. The third-order valence-electron chi connectivity index (χ3n) is 4.15. The highest BCUT2D eigenvalue weighted by molar-refractivity contribution is 4.85. The second-order valence-electron chi connectivity index (χ2n) is 6.19. The molecule has 1 unspecified atom stereocenters. The highest BCUT2D eigenvalue weighted by Gasteiger charge is 2.32. The van der Waals surface area contributed by atoms with Crippen LogP contribution in [-0.2, 0) is 0 Å². The second-order valence-corrected chi connectivity index (χ2v) is 6.19. The molecule has 1 aliphatic heterocycles. The third kappa shape index (κ3) is 3.74. The van der Waals surface area contributed by atoms with Gasteiger partial charge in [-0.2, -0.15) is 0 Å². The van der Waals surface area contributed by atoms with Crippen molar-refractivity contribution in [3.63, 3.8) is 0 Å². The average Bonchev–Trinajstić information content (AvgIpc) is 2.27. The van der Waals surface area contributed by atoms with Crippen molar-refractivity contribution in [2.75, 3.05) is 26.2 Å². The fraction of sp³-hybridized carbons (Fsp3) is 1.00. The fourth-order valence-electron chi connectivity index (χ4n) is 2.83. The Morgan fingerprint density at radius 3 is 2.50 bits per heavy atom. The van der Waals surface area contributed by atoms with Crippen molar-refractivity contribution in [3.05, 3.63) is 0 Å². The average molecular weight is 226 g/mol. The summed E-state index contributed by atoms with van der Waals surface area (Å²) in [5, 5.41) is 3.54. The van der Waals surface area contributed by atoms with Gasteiger partial charge in [-0.3, -0.25) is 0 Å². The molecule has 0 aromatic rings. The number of piperidine rings is 1. The van der Waals surface area contributed by atoms with Gasteiger partial charge >= 0.3 is 0 Å². The zero-order valence-electron chi connectivity index (χ0n) is 11.8. The number of hydrogen-bond donors (Lipinski definition) is 1. The summed E-state index contributed by atoms with van der Waals surface area (Å²) in [6, 6.07) is 0.667. The summed E-state index contributed by atoms with van der Waals surface area (Å²) in [7, 11) is 0. The van der Waals surface area contributed by atoms with E-state index in [0.717, 1.165) is 5.92 Å². The summed E-state index contributed by atoms with van der Waals surface area (Å²) >= 11 is 0. The van der Waals surface area contributed by atoms with E-state index in [2.05, 4.69) is 44.8 Å². The first-order valence-corrected chi connectivity index (χ1v) is 6.92. The van der Waals surface area contributed by atoms with Gasteiger partial charge in [0, 0.05) is 12.6 Å². The van der Waals surface area contributed by atoms with Crippen LogP contribution >= 0.6 is 0 Å². The number of hydrogen-bond acceptors (Lipinski definition) is 2. The van der Waals surface area contributed by atoms with Gasteiger partial charge in [0.25, 0.3) is 0 Å². The Hall–Kier alpha value is -0.0800. The molecule has 0 aromatic heterocycles. The molecule has 0 radical (unpaired) electrons. The molecule has 1 N–H and O–H groups in total. The van der Waals surface area contributed by atoms with E-state index in [9.17, 15) is 0 Å². The lowest BCUT2D eigenvalue weighted by Crippen LogP contribution is -2.46. The maximum absolute atomic E-state index is 3.54. The normalized spacial score (nSPS) is 23.1. The highest BCUT2D eigenvalue weighted by Crippen LogP contribution is 2.32. The van der Waals surface area contributed by atoms with Gasteiger partial charge in [-0.1, -0.05) is 20.8 Å². The van der Waals surface area contributed by atoms with Crippen molar-refractivity contribution >= 4 is 0 Å². The van der Waals surface area contributed by atoms with Gasteiger partial charge in [-0.15, -0.1) is 0 Å². The fourth-order valence-corrected chi connectivity index (χ4v) is 2.83. The number of nitrogens with one attached hydrogen (secondary N) is 1. The van der Waals surface area contributed by atoms with Gasteiger partial charge in [0.1, 0.15) is 0 Å². The van der Waals surface area contributed by atoms with Crippen LogP contribution in [0.3, 0.4) is 0 Å². The van der Waals surface area contributed by atoms with Crippen LogP contribution in [-0.4, -0.2) is 37.1 Å². The molecular weight excluding hydrogens is 196 g/mol. The topological polar surface area (TPSA) is 15.3 Å². The maximum atomic E-state index is 3.54. The second kappa shape index (κ2) is 6.02. The minimum absolute atomic E-state index is 0.438. The van der Waals surface area contributed by atoms with E-state index < -0.39 is 0 Å². The lowest BCUT2D eigenvalue weighted by atomic mass is 9.74. The monoisotopic (exact) mass is 226 g/mol. The van der Waals surface area contributed by atoms with E-state index in [0.29, 0.717) is 11.5 Å².